The molecule has 0 saturated carbocycles. The lowest BCUT2D eigenvalue weighted by Crippen LogP contribution is -2.27. The molecule has 0 amide bonds. The van der Waals surface area contributed by atoms with Crippen LogP contribution in [0, 0.1) is 13.8 Å². The minimum absolute atomic E-state index is 0.309. The molecule has 112 valence electrons. The summed E-state index contributed by atoms with van der Waals surface area (Å²) >= 11 is 1.59. The molecule has 5 heteroatoms. The van der Waals surface area contributed by atoms with Crippen molar-refractivity contribution >= 4 is 27.5 Å². The van der Waals surface area contributed by atoms with Crippen molar-refractivity contribution in [3.05, 3.63) is 53.6 Å². The summed E-state index contributed by atoms with van der Waals surface area (Å²) < 4.78 is 26.8. The van der Waals surface area contributed by atoms with E-state index < -0.39 is 10.0 Å². The van der Waals surface area contributed by atoms with E-state index in [2.05, 4.69) is 0 Å². The molecule has 0 saturated heterocycles. The highest BCUT2D eigenvalue weighted by atomic mass is 32.2. The van der Waals surface area contributed by atoms with Crippen molar-refractivity contribution in [2.75, 3.05) is 17.6 Å². The lowest BCUT2D eigenvalue weighted by Gasteiger charge is -2.22. The molecule has 21 heavy (non-hydrogen) atoms. The Balaban J connectivity index is 2.44. The summed E-state index contributed by atoms with van der Waals surface area (Å²) in [5, 5.41) is 0. The topological polar surface area (TPSA) is 37.4 Å². The Morgan fingerprint density at radius 2 is 1.62 bits per heavy atom. The van der Waals surface area contributed by atoms with Gasteiger partial charge in [0, 0.05) is 11.9 Å². The van der Waals surface area contributed by atoms with E-state index in [0.29, 0.717) is 10.6 Å². The molecule has 0 N–H and O–H groups in total. The lowest BCUT2D eigenvalue weighted by atomic mass is 10.1. The lowest BCUT2D eigenvalue weighted by molar-refractivity contribution is 0.594. The smallest absolute Gasteiger partial charge is 0.264 e. The zero-order valence-corrected chi connectivity index (χ0v) is 14.3. The summed E-state index contributed by atoms with van der Waals surface area (Å²) in [5.74, 6) is 0. The summed E-state index contributed by atoms with van der Waals surface area (Å²) in [6, 6.07) is 12.7. The van der Waals surface area contributed by atoms with Crippen molar-refractivity contribution < 1.29 is 8.42 Å². The second-order valence-corrected chi connectivity index (χ2v) is 7.72. The SMILES string of the molecule is CSc1ccc(S(=O)(=O)N(C)c2cccc(C)c2C)cc1. The third-order valence-corrected chi connectivity index (χ3v) is 6.16. The van der Waals surface area contributed by atoms with Gasteiger partial charge in [0.05, 0.1) is 10.6 Å². The highest BCUT2D eigenvalue weighted by Gasteiger charge is 2.22. The van der Waals surface area contributed by atoms with Crippen LogP contribution in [0.5, 0.6) is 0 Å². The van der Waals surface area contributed by atoms with Gasteiger partial charge in [-0.25, -0.2) is 8.42 Å². The Hall–Kier alpha value is -1.46. The van der Waals surface area contributed by atoms with Crippen molar-refractivity contribution in [3.63, 3.8) is 0 Å². The molecule has 0 spiro atoms. The van der Waals surface area contributed by atoms with Gasteiger partial charge in [-0.15, -0.1) is 11.8 Å². The average molecular weight is 321 g/mol. The number of thioether (sulfide) groups is 1. The first kappa shape index (κ1) is 15.9. The molecule has 0 aromatic heterocycles. The van der Waals surface area contributed by atoms with Gasteiger partial charge in [-0.05, 0) is 61.6 Å². The number of anilines is 1. The maximum absolute atomic E-state index is 12.7. The highest BCUT2D eigenvalue weighted by molar-refractivity contribution is 7.98. The summed E-state index contributed by atoms with van der Waals surface area (Å²) in [6.07, 6.45) is 1.96. The fourth-order valence-electron chi connectivity index (χ4n) is 2.11. The molecule has 0 heterocycles. The largest absolute Gasteiger partial charge is 0.269 e. The van der Waals surface area contributed by atoms with Gasteiger partial charge in [0.25, 0.3) is 10.0 Å². The number of rotatable bonds is 4. The van der Waals surface area contributed by atoms with E-state index in [0.717, 1.165) is 16.0 Å². The standard InChI is InChI=1S/C16H19NO2S2/c1-12-6-5-7-16(13(12)2)17(3)21(18,19)15-10-8-14(20-4)9-11-15/h5-11H,1-4H3. The Morgan fingerprint density at radius 3 is 2.19 bits per heavy atom. The van der Waals surface area contributed by atoms with Crippen molar-refractivity contribution in [2.24, 2.45) is 0 Å². The third kappa shape index (κ3) is 3.09. The van der Waals surface area contributed by atoms with Crippen LogP contribution in [0.1, 0.15) is 11.1 Å². The van der Waals surface area contributed by atoms with Crippen molar-refractivity contribution in [2.45, 2.75) is 23.6 Å². The number of hydrogen-bond acceptors (Lipinski definition) is 3. The summed E-state index contributed by atoms with van der Waals surface area (Å²) in [6.45, 7) is 3.92. The quantitative estimate of drug-likeness (QED) is 0.803. The third-order valence-electron chi connectivity index (χ3n) is 3.63. The van der Waals surface area contributed by atoms with E-state index in [-0.39, 0.29) is 0 Å². The van der Waals surface area contributed by atoms with E-state index >= 15 is 0 Å². The molecular weight excluding hydrogens is 302 g/mol. The molecular formula is C16H19NO2S2. The summed E-state index contributed by atoms with van der Waals surface area (Å²) in [4.78, 5) is 1.35. The number of aryl methyl sites for hydroxylation is 1. The molecule has 0 atom stereocenters. The highest BCUT2D eigenvalue weighted by Crippen LogP contribution is 2.27. The Bertz CT molecular complexity index is 737. The predicted molar refractivity (Wildman–Crippen MR) is 89.7 cm³/mol. The van der Waals surface area contributed by atoms with Gasteiger partial charge in [0.1, 0.15) is 0 Å². The van der Waals surface area contributed by atoms with Crippen LogP contribution in [0.15, 0.2) is 52.3 Å². The molecule has 3 nitrogen and oxygen atoms in total. The van der Waals surface area contributed by atoms with Crippen LogP contribution in [-0.4, -0.2) is 21.7 Å². The first-order chi connectivity index (χ1) is 9.87. The number of sulfonamides is 1. The summed E-state index contributed by atoms with van der Waals surface area (Å²) in [7, 11) is -1.94. The fraction of sp³-hybridized carbons (Fsp3) is 0.250. The molecule has 0 aliphatic rings. The van der Waals surface area contributed by atoms with Crippen LogP contribution in [0.2, 0.25) is 0 Å². The average Bonchev–Trinajstić information content (AvgIpc) is 2.49. The van der Waals surface area contributed by atoms with Crippen LogP contribution in [0.25, 0.3) is 0 Å². The Labute approximate surface area is 131 Å². The van der Waals surface area contributed by atoms with Gasteiger partial charge in [-0.2, -0.15) is 0 Å². The molecule has 0 fully saturated rings. The van der Waals surface area contributed by atoms with Crippen molar-refractivity contribution in [1.29, 1.82) is 0 Å². The molecule has 0 radical (unpaired) electrons. The second kappa shape index (κ2) is 6.12. The Kier molecular flexibility index (Phi) is 4.64. The van der Waals surface area contributed by atoms with Gasteiger partial charge in [0.15, 0.2) is 0 Å². The molecule has 0 aliphatic heterocycles. The van der Waals surface area contributed by atoms with E-state index in [9.17, 15) is 8.42 Å². The molecule has 2 rings (SSSR count). The van der Waals surface area contributed by atoms with Gasteiger partial charge in [-0.1, -0.05) is 12.1 Å². The number of hydrogen-bond donors (Lipinski definition) is 0. The van der Waals surface area contributed by atoms with Crippen LogP contribution < -0.4 is 4.31 Å². The first-order valence-corrected chi connectivity index (χ1v) is 9.23. The van der Waals surface area contributed by atoms with Crippen LogP contribution in [-0.2, 0) is 10.0 Å². The van der Waals surface area contributed by atoms with Crippen LogP contribution in [0.3, 0.4) is 0 Å². The number of nitrogens with zero attached hydrogens (tertiary/aromatic N) is 1. The molecule has 2 aromatic rings. The van der Waals surface area contributed by atoms with Gasteiger partial charge in [0.2, 0.25) is 0 Å². The minimum Gasteiger partial charge on any atom is -0.269 e. The van der Waals surface area contributed by atoms with E-state index in [4.69, 9.17) is 0 Å². The van der Waals surface area contributed by atoms with Gasteiger partial charge < -0.3 is 0 Å². The zero-order valence-electron chi connectivity index (χ0n) is 12.6. The van der Waals surface area contributed by atoms with E-state index in [1.807, 2.05) is 50.4 Å². The summed E-state index contributed by atoms with van der Waals surface area (Å²) in [5.41, 5.74) is 2.76. The normalized spacial score (nSPS) is 11.4. The van der Waals surface area contributed by atoms with Crippen molar-refractivity contribution in [3.8, 4) is 0 Å². The van der Waals surface area contributed by atoms with Crippen LogP contribution in [0.4, 0.5) is 5.69 Å². The van der Waals surface area contributed by atoms with E-state index in [1.54, 1.807) is 30.9 Å². The molecule has 0 unspecified atom stereocenters. The maximum Gasteiger partial charge on any atom is 0.264 e. The van der Waals surface area contributed by atoms with Crippen molar-refractivity contribution in [1.82, 2.24) is 0 Å². The van der Waals surface area contributed by atoms with Gasteiger partial charge >= 0.3 is 0 Å². The second-order valence-electron chi connectivity index (χ2n) is 4.87. The molecule has 0 bridgehead atoms. The fourth-order valence-corrected chi connectivity index (χ4v) is 3.77. The Morgan fingerprint density at radius 1 is 1.00 bits per heavy atom. The minimum atomic E-state index is -3.53. The first-order valence-electron chi connectivity index (χ1n) is 6.57. The van der Waals surface area contributed by atoms with E-state index in [1.165, 1.54) is 4.31 Å². The molecule has 0 aliphatic carbocycles. The van der Waals surface area contributed by atoms with Crippen LogP contribution >= 0.6 is 11.8 Å². The predicted octanol–water partition coefficient (Wildman–Crippen LogP) is 3.85. The zero-order chi connectivity index (χ0) is 15.6. The monoisotopic (exact) mass is 321 g/mol. The molecule has 2 aromatic carbocycles. The van der Waals surface area contributed by atoms with Gasteiger partial charge in [-0.3, -0.25) is 4.31 Å². The maximum atomic E-state index is 12.7. The number of benzene rings is 2.